The predicted molar refractivity (Wildman–Crippen MR) is 89.9 cm³/mol. The van der Waals surface area contributed by atoms with E-state index in [0.29, 0.717) is 27.4 Å². The first-order chi connectivity index (χ1) is 11.5. The maximum Gasteiger partial charge on any atom is 0.244 e. The van der Waals surface area contributed by atoms with E-state index in [-0.39, 0.29) is 5.88 Å². The van der Waals surface area contributed by atoms with Crippen molar-refractivity contribution in [3.63, 3.8) is 0 Å². The van der Waals surface area contributed by atoms with Gasteiger partial charge in [-0.2, -0.15) is 5.26 Å². The molecule has 1 aromatic heterocycles. The third kappa shape index (κ3) is 2.37. The van der Waals surface area contributed by atoms with Gasteiger partial charge >= 0.3 is 0 Å². The van der Waals surface area contributed by atoms with Crippen LogP contribution in [0.1, 0.15) is 22.7 Å². The van der Waals surface area contributed by atoms with Crippen molar-refractivity contribution in [3.05, 3.63) is 44.9 Å². The summed E-state index contributed by atoms with van der Waals surface area (Å²) in [5, 5.41) is 16.6. The fraction of sp³-hybridized carbons (Fsp3) is 0.250. The molecule has 3 N–H and O–H groups in total. The Morgan fingerprint density at radius 1 is 1.38 bits per heavy atom. The van der Waals surface area contributed by atoms with E-state index in [2.05, 4.69) is 32.2 Å². The molecule has 1 atom stereocenters. The number of benzene rings is 1. The average molecular weight is 391 g/mol. The van der Waals surface area contributed by atoms with Gasteiger partial charge in [0.1, 0.15) is 11.6 Å². The number of rotatable bonds is 3. The Kier molecular flexibility index (Phi) is 4.11. The van der Waals surface area contributed by atoms with E-state index >= 15 is 0 Å². The second-order valence-electron chi connectivity index (χ2n) is 5.23. The van der Waals surface area contributed by atoms with E-state index in [1.807, 2.05) is 19.1 Å². The van der Waals surface area contributed by atoms with Crippen molar-refractivity contribution in [2.45, 2.75) is 12.8 Å². The maximum atomic E-state index is 9.58. The Morgan fingerprint density at radius 2 is 2.12 bits per heavy atom. The lowest BCUT2D eigenvalue weighted by atomic mass is 9.84. The molecule has 2 aromatic rings. The second-order valence-corrected chi connectivity index (χ2v) is 6.08. The number of nitriles is 1. The number of nitrogens with two attached hydrogens (primary N) is 1. The number of aryl methyl sites for hydroxylation is 1. The van der Waals surface area contributed by atoms with Gasteiger partial charge < -0.3 is 19.9 Å². The van der Waals surface area contributed by atoms with E-state index in [4.69, 9.17) is 19.9 Å². The number of ether oxygens (including phenoxy) is 3. The number of halogens is 1. The number of H-pyrrole nitrogens is 1. The highest BCUT2D eigenvalue weighted by atomic mass is 79.9. The largest absolute Gasteiger partial charge is 0.493 e. The molecular weight excluding hydrogens is 376 g/mol. The molecule has 0 radical (unpaired) electrons. The lowest BCUT2D eigenvalue weighted by Crippen LogP contribution is -2.21. The zero-order chi connectivity index (χ0) is 17.4. The normalized spacial score (nSPS) is 16.2. The van der Waals surface area contributed by atoms with Gasteiger partial charge in [0.05, 0.1) is 24.6 Å². The number of allylic oxidation sites excluding steroid dienone is 1. The summed E-state index contributed by atoms with van der Waals surface area (Å²) in [6, 6.07) is 5.84. The molecular formula is C16H15BrN4O3. The number of aromatic nitrogens is 2. The van der Waals surface area contributed by atoms with Gasteiger partial charge in [-0.3, -0.25) is 5.10 Å². The summed E-state index contributed by atoms with van der Waals surface area (Å²) in [6.45, 7) is 1.87. The van der Waals surface area contributed by atoms with Crippen molar-refractivity contribution in [2.24, 2.45) is 5.73 Å². The van der Waals surface area contributed by atoms with Gasteiger partial charge in [0, 0.05) is 11.3 Å². The number of hydrogen-bond acceptors (Lipinski definition) is 6. The van der Waals surface area contributed by atoms with Crippen LogP contribution in [0.3, 0.4) is 0 Å². The average Bonchev–Trinajstić information content (AvgIpc) is 2.93. The third-order valence-electron chi connectivity index (χ3n) is 3.92. The van der Waals surface area contributed by atoms with Crippen LogP contribution in [0.15, 0.2) is 28.1 Å². The van der Waals surface area contributed by atoms with Crippen LogP contribution in [0.5, 0.6) is 17.4 Å². The zero-order valence-corrected chi connectivity index (χ0v) is 14.9. The van der Waals surface area contributed by atoms with Crippen molar-refractivity contribution in [1.82, 2.24) is 10.2 Å². The Labute approximate surface area is 147 Å². The molecule has 0 aliphatic carbocycles. The quantitative estimate of drug-likeness (QED) is 0.834. The van der Waals surface area contributed by atoms with Gasteiger partial charge in [-0.25, -0.2) is 0 Å². The smallest absolute Gasteiger partial charge is 0.244 e. The zero-order valence-electron chi connectivity index (χ0n) is 13.3. The van der Waals surface area contributed by atoms with Crippen molar-refractivity contribution >= 4 is 15.9 Å². The van der Waals surface area contributed by atoms with Gasteiger partial charge in [-0.05, 0) is 40.5 Å². The predicted octanol–water partition coefficient (Wildman–Crippen LogP) is 2.72. The number of fused-ring (bicyclic) bond motifs is 1. The summed E-state index contributed by atoms with van der Waals surface area (Å²) in [5.41, 5.74) is 8.64. The second kappa shape index (κ2) is 6.09. The molecule has 1 aliphatic heterocycles. The summed E-state index contributed by atoms with van der Waals surface area (Å²) >= 11 is 3.48. The standard InChI is InChI=1S/C16H15BrN4O3/c1-7-12-13(9(6-18)15(19)24-16(12)21-20-7)8-4-10(17)14(23-3)11(5-8)22-2/h4-5,13H,19H2,1-3H3,(H,20,21). The fourth-order valence-electron chi connectivity index (χ4n) is 2.84. The molecule has 0 fully saturated rings. The van der Waals surface area contributed by atoms with Gasteiger partial charge in [-0.15, -0.1) is 5.10 Å². The van der Waals surface area contributed by atoms with Crippen LogP contribution >= 0.6 is 15.9 Å². The Balaban J connectivity index is 2.26. The summed E-state index contributed by atoms with van der Waals surface area (Å²) < 4.78 is 16.9. The number of nitrogens with one attached hydrogen (secondary N) is 1. The van der Waals surface area contributed by atoms with Gasteiger partial charge in [0.2, 0.25) is 11.8 Å². The van der Waals surface area contributed by atoms with E-state index in [1.54, 1.807) is 14.2 Å². The molecule has 0 saturated carbocycles. The topological polar surface area (TPSA) is 106 Å². The van der Waals surface area contributed by atoms with Crippen LogP contribution in [0.4, 0.5) is 0 Å². The molecule has 1 unspecified atom stereocenters. The van der Waals surface area contributed by atoms with Crippen molar-refractivity contribution in [3.8, 4) is 23.4 Å². The Hall–Kier alpha value is -2.66. The van der Waals surface area contributed by atoms with Crippen molar-refractivity contribution < 1.29 is 14.2 Å². The molecule has 1 aliphatic rings. The first-order valence-electron chi connectivity index (χ1n) is 7.05. The van der Waals surface area contributed by atoms with Gasteiger partial charge in [0.25, 0.3) is 0 Å². The van der Waals surface area contributed by atoms with Crippen molar-refractivity contribution in [2.75, 3.05) is 14.2 Å². The minimum atomic E-state index is -0.409. The molecule has 7 nitrogen and oxygen atoms in total. The lowest BCUT2D eigenvalue weighted by Gasteiger charge is -2.24. The maximum absolute atomic E-state index is 9.58. The molecule has 2 heterocycles. The number of methoxy groups -OCH3 is 2. The first kappa shape index (κ1) is 16.2. The molecule has 0 spiro atoms. The van der Waals surface area contributed by atoms with E-state index in [0.717, 1.165) is 16.8 Å². The van der Waals surface area contributed by atoms with Gasteiger partial charge in [0.15, 0.2) is 11.5 Å². The van der Waals surface area contributed by atoms with Crippen LogP contribution in [-0.4, -0.2) is 24.4 Å². The fourth-order valence-corrected chi connectivity index (χ4v) is 3.46. The SMILES string of the molecule is COc1cc(C2C(C#N)=C(N)Oc3n[nH]c(C)c32)cc(Br)c1OC. The summed E-state index contributed by atoms with van der Waals surface area (Å²) in [5.74, 6) is 1.14. The Morgan fingerprint density at radius 3 is 2.75 bits per heavy atom. The summed E-state index contributed by atoms with van der Waals surface area (Å²) in [6.07, 6.45) is 0. The number of nitrogens with zero attached hydrogens (tertiary/aromatic N) is 2. The highest BCUT2D eigenvalue weighted by Gasteiger charge is 2.35. The van der Waals surface area contributed by atoms with Crippen LogP contribution < -0.4 is 19.9 Å². The number of hydrogen-bond donors (Lipinski definition) is 2. The molecule has 0 saturated heterocycles. The van der Waals surface area contributed by atoms with Gasteiger partial charge in [-0.1, -0.05) is 0 Å². The molecule has 0 bridgehead atoms. The van der Waals surface area contributed by atoms with E-state index < -0.39 is 5.92 Å². The third-order valence-corrected chi connectivity index (χ3v) is 4.51. The minimum absolute atomic E-state index is 0.0485. The Bertz CT molecular complexity index is 882. The molecule has 24 heavy (non-hydrogen) atoms. The molecule has 1 aromatic carbocycles. The van der Waals surface area contributed by atoms with Crippen LogP contribution in [0.25, 0.3) is 0 Å². The molecule has 0 amide bonds. The van der Waals surface area contributed by atoms with Crippen LogP contribution in [-0.2, 0) is 0 Å². The molecule has 124 valence electrons. The molecule has 3 rings (SSSR count). The summed E-state index contributed by atoms with van der Waals surface area (Å²) in [7, 11) is 3.12. The minimum Gasteiger partial charge on any atom is -0.493 e. The summed E-state index contributed by atoms with van der Waals surface area (Å²) in [4.78, 5) is 0. The first-order valence-corrected chi connectivity index (χ1v) is 7.85. The van der Waals surface area contributed by atoms with E-state index in [9.17, 15) is 5.26 Å². The highest BCUT2D eigenvalue weighted by molar-refractivity contribution is 9.10. The van der Waals surface area contributed by atoms with E-state index in [1.165, 1.54) is 0 Å². The van der Waals surface area contributed by atoms with Crippen LogP contribution in [0.2, 0.25) is 0 Å². The molecule has 8 heteroatoms. The number of aromatic amines is 1. The van der Waals surface area contributed by atoms with Crippen LogP contribution in [0, 0.1) is 18.3 Å². The lowest BCUT2D eigenvalue weighted by molar-refractivity contribution is 0.352. The highest BCUT2D eigenvalue weighted by Crippen LogP contribution is 2.46. The monoisotopic (exact) mass is 390 g/mol. The van der Waals surface area contributed by atoms with Crippen molar-refractivity contribution in [1.29, 1.82) is 5.26 Å².